The first kappa shape index (κ1) is 14.4. The summed E-state index contributed by atoms with van der Waals surface area (Å²) in [4.78, 5) is 0. The average molecular weight is 250 g/mol. The minimum atomic E-state index is 0.731. The molecule has 106 valence electrons. The highest BCUT2D eigenvalue weighted by molar-refractivity contribution is 4.97. The highest BCUT2D eigenvalue weighted by Gasteiger charge is 2.47. The molecule has 0 aromatic heterocycles. The van der Waals surface area contributed by atoms with E-state index in [1.807, 2.05) is 0 Å². The third kappa shape index (κ3) is 2.37. The van der Waals surface area contributed by atoms with Gasteiger partial charge in [-0.15, -0.1) is 0 Å². The van der Waals surface area contributed by atoms with Gasteiger partial charge in [-0.05, 0) is 61.2 Å². The van der Waals surface area contributed by atoms with Crippen LogP contribution in [0, 0.1) is 29.1 Å². The summed E-state index contributed by atoms with van der Waals surface area (Å²) in [6.45, 7) is 9.78. The number of fused-ring (bicyclic) bond motifs is 2. The van der Waals surface area contributed by atoms with E-state index in [4.69, 9.17) is 0 Å². The molecule has 2 bridgehead atoms. The van der Waals surface area contributed by atoms with Crippen molar-refractivity contribution < 1.29 is 0 Å². The first-order chi connectivity index (χ1) is 8.70. The summed E-state index contributed by atoms with van der Waals surface area (Å²) >= 11 is 0. The molecule has 2 rings (SSSR count). The maximum atomic E-state index is 2.47. The molecule has 0 N–H and O–H groups in total. The van der Waals surface area contributed by atoms with Gasteiger partial charge in [-0.3, -0.25) is 0 Å². The molecule has 2 saturated carbocycles. The van der Waals surface area contributed by atoms with Crippen LogP contribution < -0.4 is 0 Å². The quantitative estimate of drug-likeness (QED) is 0.569. The predicted octanol–water partition coefficient (Wildman–Crippen LogP) is 6.06. The minimum absolute atomic E-state index is 0.731. The Labute approximate surface area is 115 Å². The molecule has 18 heavy (non-hydrogen) atoms. The summed E-state index contributed by atoms with van der Waals surface area (Å²) < 4.78 is 0. The number of rotatable bonds is 4. The summed E-state index contributed by atoms with van der Waals surface area (Å²) in [6, 6.07) is 0. The zero-order valence-electron chi connectivity index (χ0n) is 13.2. The van der Waals surface area contributed by atoms with Crippen LogP contribution in [0.25, 0.3) is 0 Å². The molecule has 0 saturated heterocycles. The second-order valence-electron chi connectivity index (χ2n) is 7.14. The van der Waals surface area contributed by atoms with Crippen molar-refractivity contribution >= 4 is 0 Å². The SMILES string of the molecule is CCC1CCC(CC)C2(CC)CCC(CC)C1C2. The lowest BCUT2D eigenvalue weighted by molar-refractivity contribution is 0.0228. The molecule has 0 aromatic carbocycles. The van der Waals surface area contributed by atoms with E-state index in [0.717, 1.165) is 29.1 Å². The van der Waals surface area contributed by atoms with Crippen molar-refractivity contribution in [1.82, 2.24) is 0 Å². The van der Waals surface area contributed by atoms with Crippen LogP contribution >= 0.6 is 0 Å². The lowest BCUT2D eigenvalue weighted by Gasteiger charge is -2.48. The van der Waals surface area contributed by atoms with Crippen molar-refractivity contribution in [3.05, 3.63) is 0 Å². The Hall–Kier alpha value is 0. The first-order valence-corrected chi connectivity index (χ1v) is 8.70. The molecule has 5 atom stereocenters. The molecule has 0 heteroatoms. The normalized spacial score (nSPS) is 44.7. The van der Waals surface area contributed by atoms with E-state index in [1.54, 1.807) is 6.42 Å². The molecule has 0 aromatic rings. The molecule has 2 aliphatic carbocycles. The van der Waals surface area contributed by atoms with E-state index in [1.165, 1.54) is 51.4 Å². The van der Waals surface area contributed by atoms with Gasteiger partial charge in [-0.25, -0.2) is 0 Å². The van der Waals surface area contributed by atoms with Gasteiger partial charge in [0.25, 0.3) is 0 Å². The zero-order valence-corrected chi connectivity index (χ0v) is 13.2. The van der Waals surface area contributed by atoms with Crippen molar-refractivity contribution in [1.29, 1.82) is 0 Å². The van der Waals surface area contributed by atoms with Crippen LogP contribution in [0.15, 0.2) is 0 Å². The summed E-state index contributed by atoms with van der Waals surface area (Å²) in [5.74, 6) is 4.17. The number of hydrogen-bond acceptors (Lipinski definition) is 0. The Bertz CT molecular complexity index is 257. The fourth-order valence-electron chi connectivity index (χ4n) is 5.54. The van der Waals surface area contributed by atoms with Crippen molar-refractivity contribution in [2.75, 3.05) is 0 Å². The number of hydrogen-bond donors (Lipinski definition) is 0. The maximum Gasteiger partial charge on any atom is -0.0269 e. The maximum absolute atomic E-state index is 2.47. The standard InChI is InChI=1S/C18H34/c1-5-14-9-10-16(7-3)18(8-4)12-11-15(6-2)17(14)13-18/h14-17H,5-13H2,1-4H3. The van der Waals surface area contributed by atoms with Gasteiger partial charge in [0.1, 0.15) is 0 Å². The van der Waals surface area contributed by atoms with Gasteiger partial charge < -0.3 is 0 Å². The van der Waals surface area contributed by atoms with Crippen LogP contribution in [0.2, 0.25) is 0 Å². The fourth-order valence-corrected chi connectivity index (χ4v) is 5.54. The second kappa shape index (κ2) is 5.97. The Morgan fingerprint density at radius 3 is 2.06 bits per heavy atom. The van der Waals surface area contributed by atoms with E-state index >= 15 is 0 Å². The smallest absolute Gasteiger partial charge is 0.0269 e. The van der Waals surface area contributed by atoms with Gasteiger partial charge in [0.15, 0.2) is 0 Å². The van der Waals surface area contributed by atoms with Gasteiger partial charge >= 0.3 is 0 Å². The van der Waals surface area contributed by atoms with E-state index in [-0.39, 0.29) is 0 Å². The Morgan fingerprint density at radius 2 is 1.50 bits per heavy atom. The molecular weight excluding hydrogens is 216 g/mol. The molecule has 0 spiro atoms. The van der Waals surface area contributed by atoms with E-state index in [0.29, 0.717) is 0 Å². The van der Waals surface area contributed by atoms with Crippen LogP contribution in [0.1, 0.15) is 85.5 Å². The fraction of sp³-hybridized carbons (Fsp3) is 1.00. The Balaban J connectivity index is 2.26. The van der Waals surface area contributed by atoms with Crippen molar-refractivity contribution in [2.45, 2.75) is 85.5 Å². The van der Waals surface area contributed by atoms with Crippen molar-refractivity contribution in [3.8, 4) is 0 Å². The van der Waals surface area contributed by atoms with E-state index in [9.17, 15) is 0 Å². The van der Waals surface area contributed by atoms with Gasteiger partial charge in [-0.1, -0.05) is 53.4 Å². The third-order valence-corrected chi connectivity index (χ3v) is 6.86. The van der Waals surface area contributed by atoms with Crippen molar-refractivity contribution in [2.24, 2.45) is 29.1 Å². The minimum Gasteiger partial charge on any atom is -0.0651 e. The summed E-state index contributed by atoms with van der Waals surface area (Å²) in [6.07, 6.45) is 13.4. The molecule has 0 heterocycles. The van der Waals surface area contributed by atoms with Crippen molar-refractivity contribution in [3.63, 3.8) is 0 Å². The van der Waals surface area contributed by atoms with Crippen LogP contribution in [0.5, 0.6) is 0 Å². The molecule has 0 aliphatic heterocycles. The van der Waals surface area contributed by atoms with E-state index in [2.05, 4.69) is 27.7 Å². The zero-order chi connectivity index (χ0) is 13.2. The van der Waals surface area contributed by atoms with Crippen LogP contribution in [-0.2, 0) is 0 Å². The topological polar surface area (TPSA) is 0 Å². The summed E-state index contributed by atoms with van der Waals surface area (Å²) in [7, 11) is 0. The molecule has 0 amide bonds. The molecule has 2 aliphatic rings. The van der Waals surface area contributed by atoms with Gasteiger partial charge in [0, 0.05) is 0 Å². The lowest BCUT2D eigenvalue weighted by Crippen LogP contribution is -2.38. The molecule has 5 unspecified atom stereocenters. The molecular formula is C18H34. The second-order valence-corrected chi connectivity index (χ2v) is 7.14. The molecule has 0 radical (unpaired) electrons. The predicted molar refractivity (Wildman–Crippen MR) is 80.6 cm³/mol. The Kier molecular flexibility index (Phi) is 4.78. The lowest BCUT2D eigenvalue weighted by atomic mass is 9.57. The average Bonchev–Trinajstić information content (AvgIpc) is 2.54. The van der Waals surface area contributed by atoms with E-state index < -0.39 is 0 Å². The van der Waals surface area contributed by atoms with Gasteiger partial charge in [0.2, 0.25) is 0 Å². The van der Waals surface area contributed by atoms with Crippen LogP contribution in [0.4, 0.5) is 0 Å². The summed E-state index contributed by atoms with van der Waals surface area (Å²) in [5, 5.41) is 0. The first-order valence-electron chi connectivity index (χ1n) is 8.70. The highest BCUT2D eigenvalue weighted by Crippen LogP contribution is 2.57. The van der Waals surface area contributed by atoms with Crippen LogP contribution in [0.3, 0.4) is 0 Å². The van der Waals surface area contributed by atoms with Gasteiger partial charge in [-0.2, -0.15) is 0 Å². The highest BCUT2D eigenvalue weighted by atomic mass is 14.5. The monoisotopic (exact) mass is 250 g/mol. The molecule has 2 fully saturated rings. The molecule has 0 nitrogen and oxygen atoms in total. The largest absolute Gasteiger partial charge is 0.0651 e. The Morgan fingerprint density at radius 1 is 0.833 bits per heavy atom. The van der Waals surface area contributed by atoms with Gasteiger partial charge in [0.05, 0.1) is 0 Å². The summed E-state index contributed by atoms with van der Waals surface area (Å²) in [5.41, 5.74) is 0.731. The van der Waals surface area contributed by atoms with Crippen LogP contribution in [-0.4, -0.2) is 0 Å². The third-order valence-electron chi connectivity index (χ3n) is 6.86.